The fourth-order valence-corrected chi connectivity index (χ4v) is 5.11. The van der Waals surface area contributed by atoms with Gasteiger partial charge in [0, 0.05) is 23.1 Å². The Morgan fingerprint density at radius 3 is 2.21 bits per heavy atom. The number of hydrogen-bond donors (Lipinski definition) is 4. The van der Waals surface area contributed by atoms with Crippen LogP contribution in [0.2, 0.25) is 0 Å². The molecule has 0 saturated heterocycles. The van der Waals surface area contributed by atoms with Crippen LogP contribution in [0.4, 0.5) is 21.0 Å². The summed E-state index contributed by atoms with van der Waals surface area (Å²) in [6, 6.07) is 29.4. The molecule has 11 heteroatoms. The maximum absolute atomic E-state index is 13.5. The zero-order valence-corrected chi connectivity index (χ0v) is 24.8. The molecule has 4 rings (SSSR count). The Labute approximate surface area is 251 Å². The Kier molecular flexibility index (Phi) is 9.79. The second-order valence-electron chi connectivity index (χ2n) is 9.99. The van der Waals surface area contributed by atoms with Gasteiger partial charge in [-0.25, -0.2) is 23.0 Å². The van der Waals surface area contributed by atoms with Gasteiger partial charge in [0.2, 0.25) is 0 Å². The molecule has 4 aromatic rings. The van der Waals surface area contributed by atoms with Gasteiger partial charge < -0.3 is 10.1 Å². The lowest BCUT2D eigenvalue weighted by Crippen LogP contribution is -2.39. The summed E-state index contributed by atoms with van der Waals surface area (Å²) < 4.78 is 29.6. The van der Waals surface area contributed by atoms with E-state index in [4.69, 9.17) is 10.1 Å². The maximum atomic E-state index is 13.5. The van der Waals surface area contributed by atoms with Crippen molar-refractivity contribution in [1.82, 2.24) is 10.3 Å². The van der Waals surface area contributed by atoms with Crippen molar-refractivity contribution in [2.24, 2.45) is 0 Å². The maximum Gasteiger partial charge on any atom is 0.413 e. The number of anilines is 2. The van der Waals surface area contributed by atoms with Gasteiger partial charge in [-0.3, -0.25) is 16.2 Å². The van der Waals surface area contributed by atoms with Crippen molar-refractivity contribution >= 4 is 39.2 Å². The van der Waals surface area contributed by atoms with Crippen LogP contribution in [0.5, 0.6) is 0 Å². The molecule has 3 amide bonds. The van der Waals surface area contributed by atoms with Crippen molar-refractivity contribution in [1.29, 1.82) is 5.41 Å². The fourth-order valence-electron chi connectivity index (χ4n) is 4.20. The van der Waals surface area contributed by atoms with Gasteiger partial charge in [0.05, 0.1) is 23.2 Å². The van der Waals surface area contributed by atoms with E-state index in [1.54, 1.807) is 86.6 Å². The van der Waals surface area contributed by atoms with Gasteiger partial charge >= 0.3 is 12.1 Å². The Hall–Kier alpha value is -5.16. The van der Waals surface area contributed by atoms with E-state index in [1.165, 1.54) is 11.3 Å². The molecule has 0 aliphatic rings. The second-order valence-corrected chi connectivity index (χ2v) is 12.0. The first kappa shape index (κ1) is 30.8. The van der Waals surface area contributed by atoms with Gasteiger partial charge in [0.25, 0.3) is 0 Å². The summed E-state index contributed by atoms with van der Waals surface area (Å²) in [5, 5.41) is 14.9. The van der Waals surface area contributed by atoms with Crippen LogP contribution in [-0.2, 0) is 21.1 Å². The number of urea groups is 1. The molecule has 0 bridgehead atoms. The van der Waals surface area contributed by atoms with Crippen molar-refractivity contribution in [2.45, 2.75) is 31.4 Å². The van der Waals surface area contributed by atoms with E-state index in [0.29, 0.717) is 28.1 Å². The molecule has 0 radical (unpaired) electrons. The minimum absolute atomic E-state index is 0.147. The van der Waals surface area contributed by atoms with E-state index in [1.807, 2.05) is 30.3 Å². The standard InChI is InChI=1S/C32H33N5O5S/c1-22(2)42-32(39)35-30(33)25-12-9-13-27(20-25)36-37(21-23-10-5-4-6-11-23)31(38)34-26-18-16-24(17-19-26)28-14-7-8-15-29(28)43(3,40)41/h4-20,22,36H,21H2,1-3H3,(H,34,38)(H2,33,35,39). The lowest BCUT2D eigenvalue weighted by atomic mass is 10.1. The first-order valence-electron chi connectivity index (χ1n) is 13.4. The molecular weight excluding hydrogens is 566 g/mol. The van der Waals surface area contributed by atoms with Crippen LogP contribution in [0.25, 0.3) is 11.1 Å². The van der Waals surface area contributed by atoms with Crippen molar-refractivity contribution in [2.75, 3.05) is 17.0 Å². The van der Waals surface area contributed by atoms with Crippen LogP contribution in [0.1, 0.15) is 25.0 Å². The SMILES string of the molecule is CC(C)OC(=O)NC(=N)c1cccc(NN(Cc2ccccc2)C(=O)Nc2ccc(-c3ccccc3S(C)(=O)=O)cc2)c1. The number of rotatable bonds is 9. The number of amides is 3. The lowest BCUT2D eigenvalue weighted by Gasteiger charge is -2.25. The molecule has 0 atom stereocenters. The third-order valence-electron chi connectivity index (χ3n) is 6.15. The molecule has 0 fully saturated rings. The third-order valence-corrected chi connectivity index (χ3v) is 7.30. The van der Waals surface area contributed by atoms with E-state index >= 15 is 0 Å². The Morgan fingerprint density at radius 1 is 0.860 bits per heavy atom. The minimum atomic E-state index is -3.43. The molecule has 10 nitrogen and oxygen atoms in total. The van der Waals surface area contributed by atoms with Gasteiger partial charge in [0.15, 0.2) is 9.84 Å². The van der Waals surface area contributed by atoms with E-state index < -0.39 is 22.0 Å². The summed E-state index contributed by atoms with van der Waals surface area (Å²) in [7, 11) is -3.43. The quantitative estimate of drug-likeness (QED) is 0.101. The molecule has 0 unspecified atom stereocenters. The number of ether oxygens (including phenoxy) is 1. The van der Waals surface area contributed by atoms with Gasteiger partial charge in [-0.2, -0.15) is 0 Å². The monoisotopic (exact) mass is 599 g/mol. The minimum Gasteiger partial charge on any atom is -0.447 e. The first-order chi connectivity index (χ1) is 20.5. The van der Waals surface area contributed by atoms with Gasteiger partial charge in [-0.05, 0) is 55.3 Å². The molecule has 0 spiro atoms. The van der Waals surface area contributed by atoms with Crippen molar-refractivity contribution in [3.63, 3.8) is 0 Å². The number of carbonyl (C=O) groups is 2. The molecular formula is C32H33N5O5S. The number of alkyl carbamates (subject to hydrolysis) is 1. The van der Waals surface area contributed by atoms with Crippen molar-refractivity contribution in [3.8, 4) is 11.1 Å². The molecule has 4 aromatic carbocycles. The summed E-state index contributed by atoms with van der Waals surface area (Å²) in [6.45, 7) is 3.65. The summed E-state index contributed by atoms with van der Waals surface area (Å²) in [6.07, 6.45) is 0.115. The number of carbonyl (C=O) groups excluding carboxylic acids is 2. The first-order valence-corrected chi connectivity index (χ1v) is 15.3. The predicted octanol–water partition coefficient (Wildman–Crippen LogP) is 6.28. The predicted molar refractivity (Wildman–Crippen MR) is 168 cm³/mol. The highest BCUT2D eigenvalue weighted by atomic mass is 32.2. The summed E-state index contributed by atoms with van der Waals surface area (Å²) in [4.78, 5) is 25.7. The highest BCUT2D eigenvalue weighted by Gasteiger charge is 2.17. The number of sulfone groups is 1. The summed E-state index contributed by atoms with van der Waals surface area (Å²) >= 11 is 0. The fraction of sp³-hybridized carbons (Fsp3) is 0.156. The van der Waals surface area contributed by atoms with Gasteiger partial charge in [-0.1, -0.05) is 72.8 Å². The zero-order chi connectivity index (χ0) is 31.0. The lowest BCUT2D eigenvalue weighted by molar-refractivity contribution is 0.120. The molecule has 4 N–H and O–H groups in total. The molecule has 0 aliphatic carbocycles. The Bertz CT molecular complexity index is 1710. The number of nitrogens with one attached hydrogen (secondary N) is 4. The van der Waals surface area contributed by atoms with Crippen LogP contribution >= 0.6 is 0 Å². The van der Waals surface area contributed by atoms with Gasteiger partial charge in [0.1, 0.15) is 5.84 Å². The summed E-state index contributed by atoms with van der Waals surface area (Å²) in [5.74, 6) is -0.147. The number of amidine groups is 1. The van der Waals surface area contributed by atoms with E-state index in [2.05, 4.69) is 16.1 Å². The number of hydrazine groups is 1. The Morgan fingerprint density at radius 2 is 1.53 bits per heavy atom. The number of benzene rings is 4. The van der Waals surface area contributed by atoms with E-state index in [0.717, 1.165) is 5.56 Å². The van der Waals surface area contributed by atoms with Crippen LogP contribution in [0, 0.1) is 5.41 Å². The van der Waals surface area contributed by atoms with Crippen LogP contribution in [-0.4, -0.2) is 43.7 Å². The second kappa shape index (κ2) is 13.7. The Balaban J connectivity index is 1.53. The average Bonchev–Trinajstić information content (AvgIpc) is 2.97. The normalized spacial score (nSPS) is 11.0. The molecule has 0 heterocycles. The number of hydrogen-bond acceptors (Lipinski definition) is 7. The average molecular weight is 600 g/mol. The topological polar surface area (TPSA) is 141 Å². The molecule has 0 aromatic heterocycles. The smallest absolute Gasteiger partial charge is 0.413 e. The van der Waals surface area contributed by atoms with E-state index in [9.17, 15) is 18.0 Å². The van der Waals surface area contributed by atoms with E-state index in [-0.39, 0.29) is 23.4 Å². The number of nitrogens with zero attached hydrogens (tertiary/aromatic N) is 1. The van der Waals surface area contributed by atoms with Crippen molar-refractivity contribution in [3.05, 3.63) is 114 Å². The highest BCUT2D eigenvalue weighted by Crippen LogP contribution is 2.28. The largest absolute Gasteiger partial charge is 0.447 e. The highest BCUT2D eigenvalue weighted by molar-refractivity contribution is 7.90. The van der Waals surface area contributed by atoms with Crippen molar-refractivity contribution < 1.29 is 22.7 Å². The molecule has 0 aliphatic heterocycles. The van der Waals surface area contributed by atoms with Crippen LogP contribution in [0.15, 0.2) is 108 Å². The zero-order valence-electron chi connectivity index (χ0n) is 24.0. The molecule has 43 heavy (non-hydrogen) atoms. The van der Waals surface area contributed by atoms with Gasteiger partial charge in [-0.15, -0.1) is 0 Å². The van der Waals surface area contributed by atoms with Crippen LogP contribution in [0.3, 0.4) is 0 Å². The third kappa shape index (κ3) is 8.66. The molecule has 222 valence electrons. The van der Waals surface area contributed by atoms with Crippen LogP contribution < -0.4 is 16.1 Å². The summed E-state index contributed by atoms with van der Waals surface area (Å²) in [5.41, 5.74) is 6.69. The molecule has 0 saturated carbocycles.